The van der Waals surface area contributed by atoms with Gasteiger partial charge >= 0.3 is 11.8 Å². The summed E-state index contributed by atoms with van der Waals surface area (Å²) in [7, 11) is 0. The third kappa shape index (κ3) is 4.68. The maximum atomic E-state index is 12.3. The van der Waals surface area contributed by atoms with Crippen LogP contribution in [0.25, 0.3) is 0 Å². The molecule has 150 valence electrons. The van der Waals surface area contributed by atoms with Crippen LogP contribution in [0.5, 0.6) is 0 Å². The number of piperazine rings is 1. The van der Waals surface area contributed by atoms with Gasteiger partial charge in [-0.25, -0.2) is 0 Å². The van der Waals surface area contributed by atoms with Gasteiger partial charge in [-0.05, 0) is 37.5 Å². The van der Waals surface area contributed by atoms with Crippen LogP contribution in [0.4, 0.5) is 5.69 Å². The van der Waals surface area contributed by atoms with Crippen molar-refractivity contribution in [1.82, 2.24) is 14.7 Å². The number of nitrogens with zero attached hydrogens (tertiary/aromatic N) is 3. The Labute approximate surface area is 164 Å². The average molecular weight is 386 g/mol. The summed E-state index contributed by atoms with van der Waals surface area (Å²) in [5.41, 5.74) is 1.55. The molecule has 2 aliphatic rings. The third-order valence-electron chi connectivity index (χ3n) is 5.12. The summed E-state index contributed by atoms with van der Waals surface area (Å²) in [5.74, 6) is -1.39. The Morgan fingerprint density at radius 1 is 1.00 bits per heavy atom. The summed E-state index contributed by atoms with van der Waals surface area (Å²) in [4.78, 5) is 52.9. The van der Waals surface area contributed by atoms with E-state index in [0.29, 0.717) is 38.3 Å². The molecule has 2 aliphatic heterocycles. The molecule has 2 saturated heterocycles. The average Bonchev–Trinajstić information content (AvgIpc) is 2.68. The standard InChI is InChI=1S/C20H26N4O4/c1-2-22-10-11-24(20(28)19(22)27)14-17(25)21-16-7-5-6-15(12-16)13-23-9-4-3-8-18(23)26/h5-7,12H,2-4,8-11,13-14H2,1H3,(H,21,25). The van der Waals surface area contributed by atoms with Gasteiger partial charge in [-0.3, -0.25) is 19.2 Å². The molecule has 3 rings (SSSR count). The number of nitrogens with one attached hydrogen (secondary N) is 1. The number of piperidine rings is 1. The van der Waals surface area contributed by atoms with E-state index in [4.69, 9.17) is 0 Å². The number of carbonyl (C=O) groups is 4. The smallest absolute Gasteiger partial charge is 0.312 e. The van der Waals surface area contributed by atoms with E-state index in [2.05, 4.69) is 5.32 Å². The van der Waals surface area contributed by atoms with E-state index >= 15 is 0 Å². The highest BCUT2D eigenvalue weighted by molar-refractivity contribution is 6.35. The number of hydrogen-bond acceptors (Lipinski definition) is 4. The van der Waals surface area contributed by atoms with Crippen molar-refractivity contribution in [2.45, 2.75) is 32.7 Å². The van der Waals surface area contributed by atoms with E-state index in [1.165, 1.54) is 9.80 Å². The van der Waals surface area contributed by atoms with E-state index in [-0.39, 0.29) is 18.4 Å². The molecule has 0 saturated carbocycles. The van der Waals surface area contributed by atoms with Gasteiger partial charge < -0.3 is 20.0 Å². The number of carbonyl (C=O) groups excluding carboxylic acids is 4. The van der Waals surface area contributed by atoms with Crippen LogP contribution in [-0.2, 0) is 25.7 Å². The quantitative estimate of drug-likeness (QED) is 0.734. The van der Waals surface area contributed by atoms with Crippen LogP contribution in [0.1, 0.15) is 31.7 Å². The van der Waals surface area contributed by atoms with E-state index in [1.54, 1.807) is 6.07 Å². The van der Waals surface area contributed by atoms with Crippen LogP contribution in [0.2, 0.25) is 0 Å². The first-order valence-corrected chi connectivity index (χ1v) is 9.72. The molecule has 8 heteroatoms. The molecule has 0 aliphatic carbocycles. The van der Waals surface area contributed by atoms with Gasteiger partial charge in [0.25, 0.3) is 0 Å². The maximum absolute atomic E-state index is 12.3. The second kappa shape index (κ2) is 8.86. The lowest BCUT2D eigenvalue weighted by Gasteiger charge is -2.32. The van der Waals surface area contributed by atoms with Crippen LogP contribution >= 0.6 is 0 Å². The Kier molecular flexibility index (Phi) is 6.28. The summed E-state index contributed by atoms with van der Waals surface area (Å²) in [5, 5.41) is 2.78. The van der Waals surface area contributed by atoms with Gasteiger partial charge in [-0.2, -0.15) is 0 Å². The highest BCUT2D eigenvalue weighted by Gasteiger charge is 2.32. The van der Waals surface area contributed by atoms with Crippen molar-refractivity contribution in [2.24, 2.45) is 0 Å². The van der Waals surface area contributed by atoms with Gasteiger partial charge in [-0.1, -0.05) is 12.1 Å². The molecule has 0 unspecified atom stereocenters. The summed E-state index contributed by atoms with van der Waals surface area (Å²) < 4.78 is 0. The molecule has 2 heterocycles. The fraction of sp³-hybridized carbons (Fsp3) is 0.500. The fourth-order valence-corrected chi connectivity index (χ4v) is 3.54. The molecule has 0 atom stereocenters. The second-order valence-electron chi connectivity index (χ2n) is 7.13. The minimum Gasteiger partial charge on any atom is -0.338 e. The summed E-state index contributed by atoms with van der Waals surface area (Å²) in [6, 6.07) is 7.35. The first kappa shape index (κ1) is 19.9. The number of anilines is 1. The molecule has 0 bridgehead atoms. The zero-order valence-electron chi connectivity index (χ0n) is 16.1. The van der Waals surface area contributed by atoms with Crippen molar-refractivity contribution in [1.29, 1.82) is 0 Å². The first-order chi connectivity index (χ1) is 13.5. The van der Waals surface area contributed by atoms with Gasteiger partial charge in [-0.15, -0.1) is 0 Å². The lowest BCUT2D eigenvalue weighted by molar-refractivity contribution is -0.156. The Morgan fingerprint density at radius 2 is 1.75 bits per heavy atom. The molecule has 1 N–H and O–H groups in total. The number of likely N-dealkylation sites (tertiary alicyclic amines) is 1. The van der Waals surface area contributed by atoms with Gasteiger partial charge in [0, 0.05) is 44.8 Å². The molecule has 0 radical (unpaired) electrons. The Hall–Kier alpha value is -2.90. The summed E-state index contributed by atoms with van der Waals surface area (Å²) in [6.07, 6.45) is 2.55. The van der Waals surface area contributed by atoms with Crippen LogP contribution in [0.15, 0.2) is 24.3 Å². The van der Waals surface area contributed by atoms with Crippen LogP contribution in [-0.4, -0.2) is 71.1 Å². The van der Waals surface area contributed by atoms with Crippen molar-refractivity contribution in [2.75, 3.05) is 38.0 Å². The molecule has 4 amide bonds. The fourth-order valence-electron chi connectivity index (χ4n) is 3.54. The SMILES string of the molecule is CCN1CCN(CC(=O)Nc2cccc(CN3CCCCC3=O)c2)C(=O)C1=O. The highest BCUT2D eigenvalue weighted by Crippen LogP contribution is 2.17. The maximum Gasteiger partial charge on any atom is 0.312 e. The van der Waals surface area contributed by atoms with E-state index in [9.17, 15) is 19.2 Å². The molecular weight excluding hydrogens is 360 g/mol. The second-order valence-corrected chi connectivity index (χ2v) is 7.13. The van der Waals surface area contributed by atoms with Crippen molar-refractivity contribution < 1.29 is 19.2 Å². The Balaban J connectivity index is 1.56. The van der Waals surface area contributed by atoms with Crippen LogP contribution in [0.3, 0.4) is 0 Å². The molecule has 0 aromatic heterocycles. The molecular formula is C20H26N4O4. The molecule has 8 nitrogen and oxygen atoms in total. The van der Waals surface area contributed by atoms with Crippen molar-refractivity contribution in [3.63, 3.8) is 0 Å². The summed E-state index contributed by atoms with van der Waals surface area (Å²) in [6.45, 7) is 4.21. The number of rotatable bonds is 6. The lowest BCUT2D eigenvalue weighted by atomic mass is 10.1. The Bertz CT molecular complexity index is 779. The van der Waals surface area contributed by atoms with Crippen LogP contribution < -0.4 is 5.32 Å². The van der Waals surface area contributed by atoms with Crippen LogP contribution in [0, 0.1) is 0 Å². The number of amides is 4. The predicted molar refractivity (Wildman–Crippen MR) is 103 cm³/mol. The molecule has 28 heavy (non-hydrogen) atoms. The number of likely N-dealkylation sites (N-methyl/N-ethyl adjacent to an activating group) is 1. The highest BCUT2D eigenvalue weighted by atomic mass is 16.2. The topological polar surface area (TPSA) is 90.0 Å². The predicted octanol–water partition coefficient (Wildman–Crippen LogP) is 0.828. The Morgan fingerprint density at radius 3 is 2.50 bits per heavy atom. The van der Waals surface area contributed by atoms with E-state index < -0.39 is 11.8 Å². The minimum absolute atomic E-state index is 0.156. The summed E-state index contributed by atoms with van der Waals surface area (Å²) >= 11 is 0. The number of benzene rings is 1. The zero-order chi connectivity index (χ0) is 20.1. The molecule has 0 spiro atoms. The van der Waals surface area contributed by atoms with Crippen molar-refractivity contribution in [3.05, 3.63) is 29.8 Å². The monoisotopic (exact) mass is 386 g/mol. The van der Waals surface area contributed by atoms with Gasteiger partial charge in [0.05, 0.1) is 0 Å². The van der Waals surface area contributed by atoms with Gasteiger partial charge in [0.1, 0.15) is 6.54 Å². The molecule has 2 fully saturated rings. The first-order valence-electron chi connectivity index (χ1n) is 9.72. The van der Waals surface area contributed by atoms with E-state index in [0.717, 1.165) is 24.9 Å². The molecule has 1 aromatic carbocycles. The van der Waals surface area contributed by atoms with E-state index in [1.807, 2.05) is 30.0 Å². The largest absolute Gasteiger partial charge is 0.338 e. The normalized spacial score (nSPS) is 17.9. The van der Waals surface area contributed by atoms with Gasteiger partial charge in [0.2, 0.25) is 11.8 Å². The van der Waals surface area contributed by atoms with Crippen molar-refractivity contribution in [3.8, 4) is 0 Å². The minimum atomic E-state index is -0.638. The lowest BCUT2D eigenvalue weighted by Crippen LogP contribution is -2.55. The van der Waals surface area contributed by atoms with Gasteiger partial charge in [0.15, 0.2) is 0 Å². The zero-order valence-corrected chi connectivity index (χ0v) is 16.1. The number of hydrogen-bond donors (Lipinski definition) is 1. The molecule has 1 aromatic rings. The third-order valence-corrected chi connectivity index (χ3v) is 5.12. The van der Waals surface area contributed by atoms with Crippen molar-refractivity contribution >= 4 is 29.3 Å².